The van der Waals surface area contributed by atoms with Gasteiger partial charge in [0.25, 0.3) is 0 Å². The maximum atomic E-state index is 11.8. The van der Waals surface area contributed by atoms with Crippen LogP contribution < -0.4 is 11.1 Å². The standard InChI is InChI=1S/C11H15N3O2S/c1-14-5-4-7(11(14)16)13-10(15)9(12)8-3-2-6-17-8/h2-3,6-7,9H,4-5,12H2,1H3,(H,13,15). The van der Waals surface area contributed by atoms with Crippen LogP contribution in [0.25, 0.3) is 0 Å². The maximum absolute atomic E-state index is 11.8. The highest BCUT2D eigenvalue weighted by atomic mass is 32.1. The van der Waals surface area contributed by atoms with E-state index in [1.165, 1.54) is 11.3 Å². The smallest absolute Gasteiger partial charge is 0.244 e. The summed E-state index contributed by atoms with van der Waals surface area (Å²) in [7, 11) is 1.73. The number of thiophene rings is 1. The molecule has 1 saturated heterocycles. The van der Waals surface area contributed by atoms with E-state index >= 15 is 0 Å². The van der Waals surface area contributed by atoms with Crippen molar-refractivity contribution in [3.63, 3.8) is 0 Å². The van der Waals surface area contributed by atoms with Crippen molar-refractivity contribution in [3.05, 3.63) is 22.4 Å². The molecule has 0 aliphatic carbocycles. The Morgan fingerprint density at radius 3 is 3.00 bits per heavy atom. The molecule has 2 heterocycles. The van der Waals surface area contributed by atoms with Gasteiger partial charge in [-0.1, -0.05) is 6.07 Å². The number of likely N-dealkylation sites (N-methyl/N-ethyl adjacent to an activating group) is 1. The Morgan fingerprint density at radius 1 is 1.71 bits per heavy atom. The molecular formula is C11H15N3O2S. The third-order valence-corrected chi connectivity index (χ3v) is 3.83. The number of hydrogen-bond acceptors (Lipinski definition) is 4. The number of nitrogens with two attached hydrogens (primary N) is 1. The van der Waals surface area contributed by atoms with E-state index in [4.69, 9.17) is 5.73 Å². The van der Waals surface area contributed by atoms with Crippen LogP contribution in [0.1, 0.15) is 17.3 Å². The van der Waals surface area contributed by atoms with Crippen LogP contribution in [0.5, 0.6) is 0 Å². The lowest BCUT2D eigenvalue weighted by atomic mass is 10.2. The summed E-state index contributed by atoms with van der Waals surface area (Å²) in [5, 5.41) is 4.57. The topological polar surface area (TPSA) is 75.4 Å². The van der Waals surface area contributed by atoms with Gasteiger partial charge >= 0.3 is 0 Å². The number of hydrogen-bond donors (Lipinski definition) is 2. The lowest BCUT2D eigenvalue weighted by Crippen LogP contribution is -2.44. The fourth-order valence-electron chi connectivity index (χ4n) is 1.82. The molecule has 1 aromatic heterocycles. The molecule has 6 heteroatoms. The van der Waals surface area contributed by atoms with Gasteiger partial charge in [-0.25, -0.2) is 0 Å². The third kappa shape index (κ3) is 2.48. The number of likely N-dealkylation sites (tertiary alicyclic amines) is 1. The summed E-state index contributed by atoms with van der Waals surface area (Å²) in [6.45, 7) is 0.679. The Hall–Kier alpha value is -1.40. The van der Waals surface area contributed by atoms with Crippen LogP contribution in [0.15, 0.2) is 17.5 Å². The van der Waals surface area contributed by atoms with Crippen molar-refractivity contribution in [2.75, 3.05) is 13.6 Å². The van der Waals surface area contributed by atoms with E-state index < -0.39 is 12.1 Å². The molecule has 1 fully saturated rings. The average Bonchev–Trinajstić information content (AvgIpc) is 2.93. The summed E-state index contributed by atoms with van der Waals surface area (Å²) in [5.74, 6) is -0.335. The minimum Gasteiger partial charge on any atom is -0.344 e. The van der Waals surface area contributed by atoms with Gasteiger partial charge in [0.05, 0.1) is 0 Å². The molecular weight excluding hydrogens is 238 g/mol. The number of carbonyl (C=O) groups excluding carboxylic acids is 2. The lowest BCUT2D eigenvalue weighted by molar-refractivity contribution is -0.132. The minimum atomic E-state index is -0.686. The second-order valence-electron chi connectivity index (χ2n) is 4.10. The zero-order valence-electron chi connectivity index (χ0n) is 9.55. The van der Waals surface area contributed by atoms with E-state index in [0.29, 0.717) is 13.0 Å². The normalized spacial score (nSPS) is 21.6. The zero-order valence-corrected chi connectivity index (χ0v) is 10.4. The number of amides is 2. The molecule has 1 aliphatic rings. The van der Waals surface area contributed by atoms with Crippen molar-refractivity contribution < 1.29 is 9.59 Å². The molecule has 0 aromatic carbocycles. The summed E-state index contributed by atoms with van der Waals surface area (Å²) in [5.41, 5.74) is 5.81. The van der Waals surface area contributed by atoms with Crippen LogP contribution in [0.2, 0.25) is 0 Å². The summed E-state index contributed by atoms with van der Waals surface area (Å²) in [4.78, 5) is 25.9. The molecule has 0 radical (unpaired) electrons. The Balaban J connectivity index is 1.96. The molecule has 0 bridgehead atoms. The Kier molecular flexibility index (Phi) is 3.44. The molecule has 0 spiro atoms. The fourth-order valence-corrected chi connectivity index (χ4v) is 2.54. The van der Waals surface area contributed by atoms with E-state index in [-0.39, 0.29) is 11.8 Å². The van der Waals surface area contributed by atoms with Crippen LogP contribution in [0.3, 0.4) is 0 Å². The largest absolute Gasteiger partial charge is 0.344 e. The lowest BCUT2D eigenvalue weighted by Gasteiger charge is -2.15. The van der Waals surface area contributed by atoms with Crippen molar-refractivity contribution >= 4 is 23.2 Å². The van der Waals surface area contributed by atoms with Gasteiger partial charge in [0.1, 0.15) is 12.1 Å². The van der Waals surface area contributed by atoms with Gasteiger partial charge in [0.15, 0.2) is 0 Å². The molecule has 5 nitrogen and oxygen atoms in total. The highest BCUT2D eigenvalue weighted by Gasteiger charge is 2.31. The maximum Gasteiger partial charge on any atom is 0.244 e. The van der Waals surface area contributed by atoms with E-state index in [1.54, 1.807) is 11.9 Å². The second kappa shape index (κ2) is 4.85. The first-order valence-corrected chi connectivity index (χ1v) is 6.32. The highest BCUT2D eigenvalue weighted by Crippen LogP contribution is 2.17. The number of rotatable bonds is 3. The first-order valence-electron chi connectivity index (χ1n) is 5.44. The van der Waals surface area contributed by atoms with E-state index in [9.17, 15) is 9.59 Å². The highest BCUT2D eigenvalue weighted by molar-refractivity contribution is 7.10. The molecule has 3 N–H and O–H groups in total. The molecule has 1 aliphatic heterocycles. The quantitative estimate of drug-likeness (QED) is 0.802. The van der Waals surface area contributed by atoms with Gasteiger partial charge in [0, 0.05) is 18.5 Å². The van der Waals surface area contributed by atoms with Gasteiger partial charge in [-0.2, -0.15) is 0 Å². The monoisotopic (exact) mass is 253 g/mol. The Bertz CT molecular complexity index is 418. The van der Waals surface area contributed by atoms with Crippen LogP contribution in [0.4, 0.5) is 0 Å². The molecule has 92 valence electrons. The van der Waals surface area contributed by atoms with Crippen LogP contribution in [-0.2, 0) is 9.59 Å². The van der Waals surface area contributed by atoms with E-state index in [2.05, 4.69) is 5.32 Å². The van der Waals surface area contributed by atoms with Gasteiger partial charge in [0.2, 0.25) is 11.8 Å². The average molecular weight is 253 g/mol. The Labute approximate surface area is 104 Å². The molecule has 17 heavy (non-hydrogen) atoms. The SMILES string of the molecule is CN1CCC(NC(=O)C(N)c2cccs2)C1=O. The van der Waals surface area contributed by atoms with Crippen LogP contribution in [-0.4, -0.2) is 36.3 Å². The second-order valence-corrected chi connectivity index (χ2v) is 5.08. The van der Waals surface area contributed by atoms with Crippen molar-refractivity contribution in [1.82, 2.24) is 10.2 Å². The first kappa shape index (κ1) is 12.1. The van der Waals surface area contributed by atoms with Gasteiger partial charge in [-0.15, -0.1) is 11.3 Å². The minimum absolute atomic E-state index is 0.0447. The summed E-state index contributed by atoms with van der Waals surface area (Å²) < 4.78 is 0. The van der Waals surface area contributed by atoms with Crippen molar-refractivity contribution in [3.8, 4) is 0 Å². The van der Waals surface area contributed by atoms with Crippen molar-refractivity contribution in [2.45, 2.75) is 18.5 Å². The van der Waals surface area contributed by atoms with Crippen molar-refractivity contribution in [1.29, 1.82) is 0 Å². The summed E-state index contributed by atoms with van der Waals surface area (Å²) >= 11 is 1.44. The van der Waals surface area contributed by atoms with Gasteiger partial charge < -0.3 is 16.0 Å². The molecule has 2 atom stereocenters. The molecule has 2 amide bonds. The number of nitrogens with zero attached hydrogens (tertiary/aromatic N) is 1. The Morgan fingerprint density at radius 2 is 2.47 bits per heavy atom. The van der Waals surface area contributed by atoms with Gasteiger partial charge in [-0.3, -0.25) is 9.59 Å². The molecule has 0 saturated carbocycles. The number of nitrogens with one attached hydrogen (secondary N) is 1. The van der Waals surface area contributed by atoms with E-state index in [0.717, 1.165) is 4.88 Å². The molecule has 2 rings (SSSR count). The van der Waals surface area contributed by atoms with Crippen molar-refractivity contribution in [2.24, 2.45) is 5.73 Å². The zero-order chi connectivity index (χ0) is 12.4. The fraction of sp³-hybridized carbons (Fsp3) is 0.455. The van der Waals surface area contributed by atoms with E-state index in [1.807, 2.05) is 17.5 Å². The van der Waals surface area contributed by atoms with Gasteiger partial charge in [-0.05, 0) is 17.9 Å². The molecule has 1 aromatic rings. The molecule has 2 unspecified atom stereocenters. The van der Waals surface area contributed by atoms with Crippen LogP contribution >= 0.6 is 11.3 Å². The summed E-state index contributed by atoms with van der Waals surface area (Å²) in [6.07, 6.45) is 0.651. The summed E-state index contributed by atoms with van der Waals surface area (Å²) in [6, 6.07) is 2.56. The third-order valence-electron chi connectivity index (χ3n) is 2.88. The van der Waals surface area contributed by atoms with Crippen LogP contribution in [0, 0.1) is 0 Å². The predicted octanol–water partition coefficient (Wildman–Crippen LogP) is 0.0948. The first-order chi connectivity index (χ1) is 8.09. The predicted molar refractivity (Wildman–Crippen MR) is 65.4 cm³/mol. The number of carbonyl (C=O) groups is 2.